The normalized spacial score (nSPS) is 10.6. The Morgan fingerprint density at radius 2 is 2.12 bits per heavy atom. The van der Waals surface area contributed by atoms with Gasteiger partial charge in [-0.2, -0.15) is 5.10 Å². The van der Waals surface area contributed by atoms with Gasteiger partial charge in [-0.15, -0.1) is 11.8 Å². The Morgan fingerprint density at radius 3 is 2.82 bits per heavy atom. The molecule has 0 saturated carbocycles. The highest BCUT2D eigenvalue weighted by atomic mass is 32.2. The van der Waals surface area contributed by atoms with E-state index in [0.29, 0.717) is 5.82 Å². The van der Waals surface area contributed by atoms with Crippen LogP contribution in [0.25, 0.3) is 0 Å². The number of benzene rings is 1. The van der Waals surface area contributed by atoms with Gasteiger partial charge in [0.2, 0.25) is 0 Å². The van der Waals surface area contributed by atoms with E-state index >= 15 is 0 Å². The largest absolute Gasteiger partial charge is 0.382 e. The monoisotopic (exact) mass is 247 g/mol. The first-order chi connectivity index (χ1) is 8.25. The number of nitrogens with two attached hydrogens (primary N) is 1. The van der Waals surface area contributed by atoms with E-state index in [1.54, 1.807) is 0 Å². The van der Waals surface area contributed by atoms with E-state index in [1.807, 2.05) is 28.7 Å². The van der Waals surface area contributed by atoms with Crippen LogP contribution in [-0.2, 0) is 6.54 Å². The second kappa shape index (κ2) is 5.77. The van der Waals surface area contributed by atoms with Crippen molar-refractivity contribution in [3.05, 3.63) is 42.1 Å². The summed E-state index contributed by atoms with van der Waals surface area (Å²) in [7, 11) is 0. The molecule has 90 valence electrons. The van der Waals surface area contributed by atoms with Gasteiger partial charge >= 0.3 is 0 Å². The number of nitrogen functional groups attached to an aromatic ring is 1. The summed E-state index contributed by atoms with van der Waals surface area (Å²) in [5.41, 5.74) is 6.90. The lowest BCUT2D eigenvalue weighted by Crippen LogP contribution is -2.00. The smallest absolute Gasteiger partial charge is 0.145 e. The van der Waals surface area contributed by atoms with Crippen LogP contribution in [0.4, 0.5) is 5.82 Å². The predicted molar refractivity (Wildman–Crippen MR) is 73.2 cm³/mol. The second-order valence-electron chi connectivity index (χ2n) is 3.97. The molecular weight excluding hydrogens is 230 g/mol. The fourth-order valence-electron chi connectivity index (χ4n) is 1.63. The molecule has 0 amide bonds. The van der Waals surface area contributed by atoms with Crippen molar-refractivity contribution in [3.63, 3.8) is 0 Å². The highest BCUT2D eigenvalue weighted by molar-refractivity contribution is 7.99. The van der Waals surface area contributed by atoms with Crippen molar-refractivity contribution in [2.24, 2.45) is 0 Å². The molecule has 0 fully saturated rings. The average Bonchev–Trinajstić information content (AvgIpc) is 2.73. The molecule has 0 atom stereocenters. The van der Waals surface area contributed by atoms with Crippen molar-refractivity contribution in [3.8, 4) is 0 Å². The lowest BCUT2D eigenvalue weighted by Gasteiger charge is -2.05. The summed E-state index contributed by atoms with van der Waals surface area (Å²) >= 11 is 1.90. The van der Waals surface area contributed by atoms with Gasteiger partial charge in [0.25, 0.3) is 0 Å². The third-order valence-corrected chi connectivity index (χ3v) is 3.81. The molecule has 2 N–H and O–H groups in total. The van der Waals surface area contributed by atoms with E-state index in [-0.39, 0.29) is 0 Å². The van der Waals surface area contributed by atoms with E-state index in [4.69, 9.17) is 5.73 Å². The molecule has 4 heteroatoms. The molecule has 1 heterocycles. The van der Waals surface area contributed by atoms with Crippen molar-refractivity contribution in [2.45, 2.75) is 24.8 Å². The molecule has 2 aromatic rings. The number of nitrogens with zero attached hydrogens (tertiary/aromatic N) is 2. The van der Waals surface area contributed by atoms with E-state index < -0.39 is 0 Å². The lowest BCUT2D eigenvalue weighted by molar-refractivity contribution is 0.608. The van der Waals surface area contributed by atoms with Crippen LogP contribution in [0.5, 0.6) is 0 Å². The van der Waals surface area contributed by atoms with Gasteiger partial charge in [-0.05, 0) is 36.8 Å². The van der Waals surface area contributed by atoms with Gasteiger partial charge in [-0.25, -0.2) is 0 Å². The van der Waals surface area contributed by atoms with Gasteiger partial charge in [0.15, 0.2) is 0 Å². The van der Waals surface area contributed by atoms with Crippen LogP contribution in [-0.4, -0.2) is 15.5 Å². The molecule has 0 aliphatic heterocycles. The Labute approximate surface area is 106 Å². The highest BCUT2D eigenvalue weighted by Gasteiger charge is 1.98. The van der Waals surface area contributed by atoms with Crippen molar-refractivity contribution in [1.82, 2.24) is 9.78 Å². The minimum Gasteiger partial charge on any atom is -0.382 e. The Morgan fingerprint density at radius 1 is 1.29 bits per heavy atom. The van der Waals surface area contributed by atoms with Crippen molar-refractivity contribution < 1.29 is 0 Å². The molecule has 0 aliphatic carbocycles. The highest BCUT2D eigenvalue weighted by Crippen LogP contribution is 2.22. The summed E-state index contributed by atoms with van der Waals surface area (Å²) < 4.78 is 1.90. The first kappa shape index (κ1) is 12.0. The van der Waals surface area contributed by atoms with E-state index in [9.17, 15) is 0 Å². The molecule has 1 aromatic carbocycles. The van der Waals surface area contributed by atoms with Crippen LogP contribution in [0.2, 0.25) is 0 Å². The summed E-state index contributed by atoms with van der Waals surface area (Å²) in [5.74, 6) is 1.70. The van der Waals surface area contributed by atoms with Crippen LogP contribution >= 0.6 is 11.8 Å². The SMILES string of the molecule is Cc1ccccc1SCCCn1ccc(N)n1. The molecule has 0 bridgehead atoms. The van der Waals surface area contributed by atoms with E-state index in [1.165, 1.54) is 10.5 Å². The standard InChI is InChI=1S/C13H17N3S/c1-11-5-2-3-6-12(11)17-10-4-8-16-9-7-13(14)15-16/h2-3,5-7,9H,4,8,10H2,1H3,(H2,14,15). The van der Waals surface area contributed by atoms with Gasteiger partial charge in [0.05, 0.1) is 0 Å². The van der Waals surface area contributed by atoms with Gasteiger partial charge in [0, 0.05) is 17.6 Å². The summed E-state index contributed by atoms with van der Waals surface area (Å²) in [6.07, 6.45) is 3.02. The number of aromatic nitrogens is 2. The molecule has 3 nitrogen and oxygen atoms in total. The maximum Gasteiger partial charge on any atom is 0.145 e. The maximum atomic E-state index is 5.56. The topological polar surface area (TPSA) is 43.8 Å². The molecule has 0 radical (unpaired) electrons. The fraction of sp³-hybridized carbons (Fsp3) is 0.308. The van der Waals surface area contributed by atoms with Crippen molar-refractivity contribution in [2.75, 3.05) is 11.5 Å². The van der Waals surface area contributed by atoms with Crippen LogP contribution in [0, 0.1) is 6.92 Å². The molecule has 17 heavy (non-hydrogen) atoms. The van der Waals surface area contributed by atoms with Crippen LogP contribution in [0.15, 0.2) is 41.4 Å². The first-order valence-electron chi connectivity index (χ1n) is 5.73. The van der Waals surface area contributed by atoms with Crippen LogP contribution < -0.4 is 5.73 Å². The quantitative estimate of drug-likeness (QED) is 0.652. The zero-order chi connectivity index (χ0) is 12.1. The maximum absolute atomic E-state index is 5.56. The third kappa shape index (κ3) is 3.53. The zero-order valence-electron chi connectivity index (χ0n) is 9.97. The van der Waals surface area contributed by atoms with Gasteiger partial charge in [0.1, 0.15) is 5.82 Å². The van der Waals surface area contributed by atoms with E-state index in [0.717, 1.165) is 18.7 Å². The molecule has 2 rings (SSSR count). The van der Waals surface area contributed by atoms with Gasteiger partial charge in [-0.3, -0.25) is 4.68 Å². The Hall–Kier alpha value is -1.42. The van der Waals surface area contributed by atoms with E-state index in [2.05, 4.69) is 36.3 Å². The molecule has 0 saturated heterocycles. The molecular formula is C13H17N3S. The van der Waals surface area contributed by atoms with Crippen molar-refractivity contribution in [1.29, 1.82) is 0 Å². The Kier molecular flexibility index (Phi) is 4.09. The second-order valence-corrected chi connectivity index (χ2v) is 5.11. The molecule has 0 aliphatic rings. The lowest BCUT2D eigenvalue weighted by atomic mass is 10.2. The fourth-order valence-corrected chi connectivity index (χ4v) is 2.59. The number of anilines is 1. The Balaban J connectivity index is 1.75. The number of rotatable bonds is 5. The van der Waals surface area contributed by atoms with Crippen LogP contribution in [0.1, 0.15) is 12.0 Å². The van der Waals surface area contributed by atoms with Gasteiger partial charge < -0.3 is 5.73 Å². The average molecular weight is 247 g/mol. The number of thioether (sulfide) groups is 1. The van der Waals surface area contributed by atoms with Gasteiger partial charge in [-0.1, -0.05) is 18.2 Å². The van der Waals surface area contributed by atoms with Crippen molar-refractivity contribution >= 4 is 17.6 Å². The predicted octanol–water partition coefficient (Wildman–Crippen LogP) is 2.96. The minimum atomic E-state index is 0.594. The summed E-state index contributed by atoms with van der Waals surface area (Å²) in [4.78, 5) is 1.37. The summed E-state index contributed by atoms with van der Waals surface area (Å²) in [5, 5.41) is 4.16. The zero-order valence-corrected chi connectivity index (χ0v) is 10.8. The first-order valence-corrected chi connectivity index (χ1v) is 6.71. The minimum absolute atomic E-state index is 0.594. The number of hydrogen-bond acceptors (Lipinski definition) is 3. The summed E-state index contributed by atoms with van der Waals surface area (Å²) in [6.45, 7) is 3.08. The number of aryl methyl sites for hydroxylation is 2. The summed E-state index contributed by atoms with van der Waals surface area (Å²) in [6, 6.07) is 10.3. The molecule has 1 aromatic heterocycles. The Bertz CT molecular complexity index is 479. The number of hydrogen-bond donors (Lipinski definition) is 1. The molecule has 0 unspecified atom stereocenters. The molecule has 0 spiro atoms. The third-order valence-electron chi connectivity index (χ3n) is 2.54. The van der Waals surface area contributed by atoms with Crippen LogP contribution in [0.3, 0.4) is 0 Å².